The fourth-order valence-corrected chi connectivity index (χ4v) is 11.7. The second kappa shape index (κ2) is 45.6. The number of hydrogen-bond donors (Lipinski definition) is 11. The first kappa shape index (κ1) is 95.9. The van der Waals surface area contributed by atoms with Crippen molar-refractivity contribution in [3.05, 3.63) is 0 Å². The van der Waals surface area contributed by atoms with Crippen LogP contribution in [0.2, 0.25) is 0 Å². The third-order valence-corrected chi connectivity index (χ3v) is 18.1. The van der Waals surface area contributed by atoms with Gasteiger partial charge in [-0.3, -0.25) is 52.7 Å². The molecule has 0 spiro atoms. The first-order valence-electron chi connectivity index (χ1n) is 37.0. The van der Waals surface area contributed by atoms with E-state index in [4.69, 9.17) is 99.5 Å². The van der Waals surface area contributed by atoms with Gasteiger partial charge in [-0.1, -0.05) is 76.2 Å². The fourth-order valence-electron chi connectivity index (χ4n) is 11.7. The van der Waals surface area contributed by atoms with E-state index in [1.54, 1.807) is 0 Å². The number of aliphatic hydroxyl groups excluding tert-OH is 11. The Bertz CT molecular complexity index is 3050. The monoisotopic (exact) mass is 1620 g/mol. The van der Waals surface area contributed by atoms with E-state index in [1.165, 1.54) is 76.2 Å². The summed E-state index contributed by atoms with van der Waals surface area (Å²) in [6, 6.07) is 0. The average Bonchev–Trinajstić information content (AvgIpc) is 1.62. The van der Waals surface area contributed by atoms with Crippen molar-refractivity contribution in [2.24, 2.45) is 0 Å². The molecule has 0 aromatic rings. The van der Waals surface area contributed by atoms with Crippen molar-refractivity contribution in [1.29, 1.82) is 0 Å². The van der Waals surface area contributed by atoms with Gasteiger partial charge in [0.1, 0.15) is 112 Å². The second-order valence-corrected chi connectivity index (χ2v) is 25.9. The van der Waals surface area contributed by atoms with Gasteiger partial charge < -0.3 is 156 Å². The minimum absolute atomic E-state index is 0.0951. The van der Waals surface area contributed by atoms with Crippen molar-refractivity contribution >= 4 is 65.7 Å². The fraction of sp³-hybridized carbons (Fsp3) is 0.841. The molecule has 28 atom stereocenters. The summed E-state index contributed by atoms with van der Waals surface area (Å²) in [7, 11) is 0. The molecule has 6 heterocycles. The van der Waals surface area contributed by atoms with Gasteiger partial charge in [0, 0.05) is 70.6 Å². The number of esters is 11. The Morgan fingerprint density at radius 1 is 0.286 bits per heavy atom. The highest BCUT2D eigenvalue weighted by atomic mass is 16.8. The van der Waals surface area contributed by atoms with Crippen LogP contribution in [0, 0.1) is 0 Å². The topological polar surface area (TPSA) is 604 Å². The predicted molar refractivity (Wildman–Crippen MR) is 358 cm³/mol. The van der Waals surface area contributed by atoms with Crippen LogP contribution in [0.1, 0.15) is 147 Å². The van der Waals surface area contributed by atoms with Gasteiger partial charge in [0.05, 0.1) is 26.4 Å². The molecule has 0 aromatic carbocycles. The predicted octanol–water partition coefficient (Wildman–Crippen LogP) is -4.57. The molecule has 6 fully saturated rings. The zero-order valence-corrected chi connectivity index (χ0v) is 63.9. The second-order valence-electron chi connectivity index (χ2n) is 25.9. The van der Waals surface area contributed by atoms with Crippen LogP contribution in [0.5, 0.6) is 0 Å². The molecule has 0 aromatic heterocycles. The molecule has 43 heteroatoms. The van der Waals surface area contributed by atoms with Crippen molar-refractivity contribution in [3.63, 3.8) is 0 Å². The minimum Gasteiger partial charge on any atom is -0.463 e. The van der Waals surface area contributed by atoms with E-state index < -0.39 is 290 Å². The molecule has 0 bridgehead atoms. The quantitative estimate of drug-likeness (QED) is 0.0205. The van der Waals surface area contributed by atoms with Crippen molar-refractivity contribution in [1.82, 2.24) is 0 Å². The molecular formula is C69H108O43. The summed E-state index contributed by atoms with van der Waals surface area (Å²) in [5.41, 5.74) is 0. The van der Waals surface area contributed by atoms with Crippen LogP contribution in [0.25, 0.3) is 0 Å². The highest BCUT2D eigenvalue weighted by molar-refractivity contribution is 5.74. The van der Waals surface area contributed by atoms with Crippen LogP contribution in [0.4, 0.5) is 0 Å². The van der Waals surface area contributed by atoms with Gasteiger partial charge in [0.2, 0.25) is 17.9 Å². The lowest BCUT2D eigenvalue weighted by Gasteiger charge is -2.48. The third-order valence-electron chi connectivity index (χ3n) is 18.1. The van der Waals surface area contributed by atoms with Gasteiger partial charge in [-0.2, -0.15) is 0 Å². The highest BCUT2D eigenvalue weighted by Gasteiger charge is 2.66. The van der Waals surface area contributed by atoms with Gasteiger partial charge in [-0.15, -0.1) is 0 Å². The Morgan fingerprint density at radius 3 is 1.06 bits per heavy atom. The SMILES string of the molecule is CCC(=O)OCC1O[C@H](OCC2O[C@H](O[C@]3(COC(=O)CC)O[C@H](COC(=O)CC)[C@@H](OC(=O)CC)[C@H]3OC(=O)CC)C(OC(=O)CC)[C@@H](OC(=O)CC)[C@@H]2OC(=O)CC)C(OC(=O)CC)[C@@H](OC(=O)CC)[C@H]1OC(=O)CC.OCC1O[C@H](OCC2O[C@H](O[C@]3(CO)O[C@H](CO)[C@@H](O)[C@H]3O)C(O)[C@@H](O)[C@@H]2O)C(O)[C@@H](O)[C@H]1O. The lowest BCUT2D eigenvalue weighted by atomic mass is 9.96. The average molecular weight is 1630 g/mol. The van der Waals surface area contributed by atoms with E-state index in [-0.39, 0.29) is 70.6 Å². The molecule has 642 valence electrons. The van der Waals surface area contributed by atoms with Gasteiger partial charge in [-0.05, 0) is 0 Å². The van der Waals surface area contributed by atoms with Crippen molar-refractivity contribution in [2.75, 3.05) is 52.9 Å². The molecule has 11 N–H and O–H groups in total. The molecule has 8 unspecified atom stereocenters. The molecule has 112 heavy (non-hydrogen) atoms. The number of ether oxygens (including phenoxy) is 21. The van der Waals surface area contributed by atoms with Crippen LogP contribution >= 0.6 is 0 Å². The number of carbonyl (C=O) groups excluding carboxylic acids is 11. The van der Waals surface area contributed by atoms with Gasteiger partial charge >= 0.3 is 65.7 Å². The lowest BCUT2D eigenvalue weighted by molar-refractivity contribution is -0.388. The number of hydrogen-bond acceptors (Lipinski definition) is 43. The standard InChI is InChI=1S/C51H76O27.C18H32O16/c1-12-30(52)63-23-27-41(69-33(55)15-4)44(72-36(58)18-7)46(74-38(60)20-9)49(67-27)65-24-28-42(70-34(56)16-5)45(73-37(59)19-8)47(75-39(61)21-10)50(68-28)78-51(26-66-32(54)14-3)48(76-40(62)22-11)43(71-35(57)17-6)29(77-51)25-64-31(53)13-2;19-1-5-8(22)11(25)13(27)16(31-5)30-3-7-9(23)12(26)14(28)17(32-7)34-18(4-21)15(29)10(24)6(2-20)33-18/h27-29,41-50H,12-26H2,1-11H3;5-17,19-29H,1-4H2/t27?,28?,29-,41+,42-,43-,44+,45+,46?,47?,48-,49+,50-,51+;5?,6-,7?,8+,9-,10-,11+,12+,13?,14?,15-,16+,17-,18+/m11/s1. The Morgan fingerprint density at radius 2 is 0.616 bits per heavy atom. The van der Waals surface area contributed by atoms with Gasteiger partial charge in [0.15, 0.2) is 67.7 Å². The molecular weight excluding hydrogens is 1520 g/mol. The molecule has 0 radical (unpaired) electrons. The highest BCUT2D eigenvalue weighted by Crippen LogP contribution is 2.43. The summed E-state index contributed by atoms with van der Waals surface area (Å²) in [5, 5.41) is 109. The van der Waals surface area contributed by atoms with Crippen LogP contribution in [0.3, 0.4) is 0 Å². The Labute approximate surface area is 642 Å². The van der Waals surface area contributed by atoms with Crippen LogP contribution in [-0.4, -0.2) is 346 Å². The lowest BCUT2D eigenvalue weighted by Crippen LogP contribution is -2.66. The van der Waals surface area contributed by atoms with E-state index in [1.807, 2.05) is 0 Å². The van der Waals surface area contributed by atoms with Crippen LogP contribution in [-0.2, 0) is 152 Å². The molecule has 43 nitrogen and oxygen atoms in total. The molecule has 0 saturated carbocycles. The van der Waals surface area contributed by atoms with Crippen LogP contribution < -0.4 is 0 Å². The maximum atomic E-state index is 13.5. The maximum Gasteiger partial charge on any atom is 0.306 e. The van der Waals surface area contributed by atoms with E-state index >= 15 is 0 Å². The zero-order chi connectivity index (χ0) is 83.6. The number of rotatable bonds is 38. The molecule has 6 aliphatic heterocycles. The largest absolute Gasteiger partial charge is 0.463 e. The Hall–Kier alpha value is -6.67. The Balaban J connectivity index is 0.000000544. The van der Waals surface area contributed by atoms with E-state index in [0.717, 1.165) is 0 Å². The van der Waals surface area contributed by atoms with E-state index in [9.17, 15) is 109 Å². The number of carbonyl (C=O) groups is 11. The Kier molecular flexibility index (Phi) is 39.0. The zero-order valence-electron chi connectivity index (χ0n) is 63.9. The minimum atomic E-state index is -2.67. The summed E-state index contributed by atoms with van der Waals surface area (Å²) >= 11 is 0. The van der Waals surface area contributed by atoms with E-state index in [2.05, 4.69) is 0 Å². The normalized spacial score (nSPS) is 35.6. The molecule has 0 aliphatic carbocycles. The van der Waals surface area contributed by atoms with Gasteiger partial charge in [0.25, 0.3) is 0 Å². The third kappa shape index (κ3) is 24.9. The summed E-state index contributed by atoms with van der Waals surface area (Å²) < 4.78 is 122. The van der Waals surface area contributed by atoms with Crippen molar-refractivity contribution in [2.45, 2.75) is 318 Å². The summed E-state index contributed by atoms with van der Waals surface area (Å²) in [4.78, 5) is 144. The summed E-state index contributed by atoms with van der Waals surface area (Å²) in [6.07, 6.45) is -47.5. The maximum absolute atomic E-state index is 13.5. The van der Waals surface area contributed by atoms with E-state index in [0.29, 0.717) is 0 Å². The first-order chi connectivity index (χ1) is 53.1. The molecule has 6 aliphatic rings. The van der Waals surface area contributed by atoms with Gasteiger partial charge in [-0.25, -0.2) is 0 Å². The summed E-state index contributed by atoms with van der Waals surface area (Å²) in [5.74, 6) is -14.5. The van der Waals surface area contributed by atoms with Crippen molar-refractivity contribution in [3.8, 4) is 0 Å². The molecule has 0 amide bonds. The van der Waals surface area contributed by atoms with Crippen LogP contribution in [0.15, 0.2) is 0 Å². The van der Waals surface area contributed by atoms with Crippen molar-refractivity contribution < 1.29 is 208 Å². The number of aliphatic hydroxyl groups is 11. The molecule has 6 saturated heterocycles. The smallest absolute Gasteiger partial charge is 0.306 e. The summed E-state index contributed by atoms with van der Waals surface area (Å²) in [6.45, 7) is 9.71. The first-order valence-corrected chi connectivity index (χ1v) is 37.0. The molecule has 6 rings (SSSR count).